The van der Waals surface area contributed by atoms with Crippen molar-refractivity contribution in [3.05, 3.63) is 76.7 Å². The van der Waals surface area contributed by atoms with Gasteiger partial charge in [-0.25, -0.2) is 4.68 Å². The number of carbonyl (C=O) groups is 1. The smallest absolute Gasteiger partial charge is 0.269 e. The molecule has 33 heavy (non-hydrogen) atoms. The highest BCUT2D eigenvalue weighted by atomic mass is 16.5. The molecule has 0 aliphatic carbocycles. The number of nitrogens with zero attached hydrogens (tertiary/aromatic N) is 3. The molecule has 1 aliphatic heterocycles. The summed E-state index contributed by atoms with van der Waals surface area (Å²) in [5, 5.41) is 7.33. The number of ether oxygens (including phenoxy) is 2. The molecule has 1 N–H and O–H groups in total. The Morgan fingerprint density at radius 1 is 1.12 bits per heavy atom. The van der Waals surface area contributed by atoms with E-state index >= 15 is 0 Å². The van der Waals surface area contributed by atoms with Gasteiger partial charge in [-0.05, 0) is 30.5 Å². The maximum absolute atomic E-state index is 13.0. The first-order chi connectivity index (χ1) is 16.1. The third-order valence-electron chi connectivity index (χ3n) is 5.85. The fraction of sp³-hybridized carbons (Fsp3) is 0.320. The summed E-state index contributed by atoms with van der Waals surface area (Å²) in [6.07, 6.45) is 3.33. The van der Waals surface area contributed by atoms with Crippen LogP contribution < -0.4 is 25.2 Å². The van der Waals surface area contributed by atoms with E-state index in [0.29, 0.717) is 30.3 Å². The zero-order valence-corrected chi connectivity index (χ0v) is 18.9. The average molecular weight is 449 g/mol. The Hall–Kier alpha value is -3.81. The average Bonchev–Trinajstić information content (AvgIpc) is 2.86. The van der Waals surface area contributed by atoms with Crippen molar-refractivity contribution in [2.45, 2.75) is 19.4 Å². The van der Waals surface area contributed by atoms with E-state index in [1.165, 1.54) is 4.68 Å². The molecule has 0 spiro atoms. The number of aromatic nitrogens is 2. The van der Waals surface area contributed by atoms with E-state index in [1.807, 2.05) is 30.3 Å². The second-order valence-electron chi connectivity index (χ2n) is 8.04. The molecule has 1 saturated heterocycles. The lowest BCUT2D eigenvalue weighted by Crippen LogP contribution is -2.41. The van der Waals surface area contributed by atoms with Crippen molar-refractivity contribution in [1.82, 2.24) is 9.78 Å². The predicted octanol–water partition coefficient (Wildman–Crippen LogP) is 3.16. The lowest BCUT2D eigenvalue weighted by molar-refractivity contribution is -0.120. The minimum absolute atomic E-state index is 0.0754. The van der Waals surface area contributed by atoms with Gasteiger partial charge in [0.15, 0.2) is 0 Å². The van der Waals surface area contributed by atoms with Gasteiger partial charge < -0.3 is 19.7 Å². The van der Waals surface area contributed by atoms with E-state index in [2.05, 4.69) is 15.3 Å². The highest BCUT2D eigenvalue weighted by Gasteiger charge is 2.27. The van der Waals surface area contributed by atoms with Gasteiger partial charge in [-0.3, -0.25) is 9.59 Å². The summed E-state index contributed by atoms with van der Waals surface area (Å²) in [4.78, 5) is 27.7. The molecule has 0 bridgehead atoms. The summed E-state index contributed by atoms with van der Waals surface area (Å²) in [7, 11) is 3.14. The van der Waals surface area contributed by atoms with Crippen molar-refractivity contribution in [3.63, 3.8) is 0 Å². The number of nitrogens with one attached hydrogen (secondary N) is 1. The molecule has 3 aromatic rings. The molecule has 2 heterocycles. The molecule has 172 valence electrons. The number of amides is 1. The van der Waals surface area contributed by atoms with Gasteiger partial charge in [-0.2, -0.15) is 5.10 Å². The minimum Gasteiger partial charge on any atom is -0.497 e. The van der Waals surface area contributed by atoms with Gasteiger partial charge in [0.1, 0.15) is 11.5 Å². The first kappa shape index (κ1) is 22.4. The first-order valence-corrected chi connectivity index (χ1v) is 11.0. The molecule has 0 saturated carbocycles. The van der Waals surface area contributed by atoms with Crippen molar-refractivity contribution in [3.8, 4) is 11.5 Å². The van der Waals surface area contributed by atoms with E-state index in [4.69, 9.17) is 9.47 Å². The molecule has 1 aromatic heterocycles. The lowest BCUT2D eigenvalue weighted by atomic mass is 9.96. The molecule has 1 aliphatic rings. The molecule has 0 unspecified atom stereocenters. The summed E-state index contributed by atoms with van der Waals surface area (Å²) >= 11 is 0. The maximum Gasteiger partial charge on any atom is 0.269 e. The number of methoxy groups -OCH3 is 2. The third-order valence-corrected chi connectivity index (χ3v) is 5.85. The Kier molecular flexibility index (Phi) is 6.92. The van der Waals surface area contributed by atoms with E-state index in [1.54, 1.807) is 44.7 Å². The minimum atomic E-state index is -0.211. The second-order valence-corrected chi connectivity index (χ2v) is 8.04. The Balaban J connectivity index is 1.43. The molecule has 1 atom stereocenters. The van der Waals surface area contributed by atoms with Crippen molar-refractivity contribution in [2.24, 2.45) is 5.92 Å². The van der Waals surface area contributed by atoms with Gasteiger partial charge in [-0.15, -0.1) is 0 Å². The van der Waals surface area contributed by atoms with Crippen LogP contribution in [0, 0.1) is 5.92 Å². The SMILES string of the molecule is COc1ccc(NC(=O)[C@@H]2CCCN(c3cnn(Cc4ccccc4)c(=O)c3)C2)c(OC)c1. The number of benzene rings is 2. The van der Waals surface area contributed by atoms with Gasteiger partial charge in [0.25, 0.3) is 5.56 Å². The number of hydrogen-bond donors (Lipinski definition) is 1. The van der Waals surface area contributed by atoms with Crippen LogP contribution in [-0.2, 0) is 11.3 Å². The Bertz CT molecular complexity index is 1160. The topological polar surface area (TPSA) is 85.7 Å². The monoisotopic (exact) mass is 448 g/mol. The summed E-state index contributed by atoms with van der Waals surface area (Å²) < 4.78 is 12.0. The summed E-state index contributed by atoms with van der Waals surface area (Å²) in [6.45, 7) is 1.72. The molecular formula is C25H28N4O4. The highest BCUT2D eigenvalue weighted by molar-refractivity contribution is 5.94. The molecule has 8 heteroatoms. The van der Waals surface area contributed by atoms with E-state index < -0.39 is 0 Å². The third kappa shape index (κ3) is 5.34. The van der Waals surface area contributed by atoms with Crippen LogP contribution in [0.2, 0.25) is 0 Å². The second kappa shape index (κ2) is 10.2. The zero-order chi connectivity index (χ0) is 23.2. The van der Waals surface area contributed by atoms with Crippen LogP contribution in [0.15, 0.2) is 65.6 Å². The van der Waals surface area contributed by atoms with Crippen molar-refractivity contribution in [2.75, 3.05) is 37.5 Å². The molecular weight excluding hydrogens is 420 g/mol. The van der Waals surface area contributed by atoms with Crippen LogP contribution in [0.3, 0.4) is 0 Å². The summed E-state index contributed by atoms with van der Waals surface area (Å²) in [6, 6.07) is 16.6. The van der Waals surface area contributed by atoms with Crippen LogP contribution in [0.4, 0.5) is 11.4 Å². The number of piperidine rings is 1. The van der Waals surface area contributed by atoms with Crippen LogP contribution in [0.5, 0.6) is 11.5 Å². The van der Waals surface area contributed by atoms with Gasteiger partial charge in [0, 0.05) is 25.2 Å². The molecule has 0 radical (unpaired) electrons. The lowest BCUT2D eigenvalue weighted by Gasteiger charge is -2.33. The van der Waals surface area contributed by atoms with Crippen LogP contribution in [0.25, 0.3) is 0 Å². The van der Waals surface area contributed by atoms with Crippen molar-refractivity contribution >= 4 is 17.3 Å². The quantitative estimate of drug-likeness (QED) is 0.598. The van der Waals surface area contributed by atoms with Gasteiger partial charge >= 0.3 is 0 Å². The normalized spacial score (nSPS) is 15.7. The molecule has 1 fully saturated rings. The Morgan fingerprint density at radius 2 is 1.94 bits per heavy atom. The summed E-state index contributed by atoms with van der Waals surface area (Å²) in [5.41, 5.74) is 2.20. The fourth-order valence-electron chi connectivity index (χ4n) is 4.03. The van der Waals surface area contributed by atoms with Crippen molar-refractivity contribution in [1.29, 1.82) is 0 Å². The zero-order valence-electron chi connectivity index (χ0n) is 18.9. The van der Waals surface area contributed by atoms with Crippen LogP contribution in [0.1, 0.15) is 18.4 Å². The molecule has 1 amide bonds. The maximum atomic E-state index is 13.0. The van der Waals surface area contributed by atoms with E-state index in [9.17, 15) is 9.59 Å². The number of carbonyl (C=O) groups excluding carboxylic acids is 1. The number of hydrogen-bond acceptors (Lipinski definition) is 6. The Morgan fingerprint density at radius 3 is 2.67 bits per heavy atom. The van der Waals surface area contributed by atoms with Gasteiger partial charge in [0.05, 0.1) is 44.3 Å². The summed E-state index contributed by atoms with van der Waals surface area (Å²) in [5.74, 6) is 0.913. The molecule has 8 nitrogen and oxygen atoms in total. The largest absolute Gasteiger partial charge is 0.497 e. The molecule has 4 rings (SSSR count). The molecule has 2 aromatic carbocycles. The highest BCUT2D eigenvalue weighted by Crippen LogP contribution is 2.30. The predicted molar refractivity (Wildman–Crippen MR) is 127 cm³/mol. The van der Waals surface area contributed by atoms with Crippen molar-refractivity contribution < 1.29 is 14.3 Å². The van der Waals surface area contributed by atoms with Gasteiger partial charge in [0.2, 0.25) is 5.91 Å². The van der Waals surface area contributed by atoms with E-state index in [-0.39, 0.29) is 17.4 Å². The first-order valence-electron chi connectivity index (χ1n) is 11.0. The Labute approximate surface area is 192 Å². The van der Waals surface area contributed by atoms with Crippen LogP contribution in [-0.4, -0.2) is 43.0 Å². The standard InChI is InChI=1S/C25H28N4O4/c1-32-21-10-11-22(23(14-21)33-2)27-25(31)19-9-6-12-28(17-19)20-13-24(30)29(26-15-20)16-18-7-4-3-5-8-18/h3-5,7-8,10-11,13-15,19H,6,9,12,16-17H2,1-2H3,(H,27,31)/t19-/m1/s1. The van der Waals surface area contributed by atoms with Gasteiger partial charge in [-0.1, -0.05) is 30.3 Å². The van der Waals surface area contributed by atoms with E-state index in [0.717, 1.165) is 30.6 Å². The van der Waals surface area contributed by atoms with Crippen LogP contribution >= 0.6 is 0 Å². The number of anilines is 2. The number of rotatable bonds is 7. The fourth-order valence-corrected chi connectivity index (χ4v) is 4.03.